The fourth-order valence-electron chi connectivity index (χ4n) is 4.36. The van der Waals surface area contributed by atoms with Gasteiger partial charge in [0, 0.05) is 16.4 Å². The molecule has 0 amide bonds. The fraction of sp³-hybridized carbons (Fsp3) is 0.565. The summed E-state index contributed by atoms with van der Waals surface area (Å²) >= 11 is 0. The van der Waals surface area contributed by atoms with Gasteiger partial charge in [0.25, 0.3) is 0 Å². The van der Waals surface area contributed by atoms with Gasteiger partial charge in [-0.05, 0) is 57.2 Å². The first kappa shape index (κ1) is 19.6. The van der Waals surface area contributed by atoms with E-state index in [1.54, 1.807) is 0 Å². The molecule has 2 nitrogen and oxygen atoms in total. The van der Waals surface area contributed by atoms with Crippen LogP contribution in [0.3, 0.4) is 0 Å². The van der Waals surface area contributed by atoms with Crippen LogP contribution in [0.5, 0.6) is 11.5 Å². The van der Waals surface area contributed by atoms with Gasteiger partial charge >= 0.3 is 0 Å². The molecule has 0 heterocycles. The maximum absolute atomic E-state index is 10.8. The van der Waals surface area contributed by atoms with E-state index in [1.165, 1.54) is 5.57 Å². The molecule has 2 rings (SSSR count). The van der Waals surface area contributed by atoms with E-state index in [1.807, 2.05) is 12.1 Å². The second kappa shape index (κ2) is 7.27. The maximum atomic E-state index is 10.8. The Morgan fingerprint density at radius 1 is 1.16 bits per heavy atom. The predicted molar refractivity (Wildman–Crippen MR) is 106 cm³/mol. The van der Waals surface area contributed by atoms with Crippen LogP contribution >= 0.6 is 0 Å². The predicted octanol–water partition coefficient (Wildman–Crippen LogP) is 6.41. The number of hydrogen-bond acceptors (Lipinski definition) is 2. The van der Waals surface area contributed by atoms with E-state index in [0.717, 1.165) is 49.7 Å². The molecule has 0 radical (unpaired) electrons. The Balaban J connectivity index is 2.54. The number of aromatic hydroxyl groups is 2. The Hall–Kier alpha value is -1.70. The molecule has 2 heteroatoms. The van der Waals surface area contributed by atoms with Crippen LogP contribution in [0.1, 0.15) is 77.8 Å². The molecule has 25 heavy (non-hydrogen) atoms. The second-order valence-electron chi connectivity index (χ2n) is 8.27. The number of rotatable bonds is 6. The number of phenols is 2. The summed E-state index contributed by atoms with van der Waals surface area (Å²) in [7, 11) is 0. The Morgan fingerprint density at radius 2 is 1.76 bits per heavy atom. The van der Waals surface area contributed by atoms with E-state index in [2.05, 4.69) is 47.3 Å². The third kappa shape index (κ3) is 3.49. The number of benzene rings is 1. The van der Waals surface area contributed by atoms with Gasteiger partial charge in [-0.1, -0.05) is 57.4 Å². The quantitative estimate of drug-likeness (QED) is 0.463. The first-order valence-electron chi connectivity index (χ1n) is 9.55. The number of allylic oxidation sites excluding steroid dienone is 3. The van der Waals surface area contributed by atoms with Crippen molar-refractivity contribution >= 4 is 0 Å². The molecule has 2 atom stereocenters. The highest BCUT2D eigenvalue weighted by Gasteiger charge is 2.49. The van der Waals surface area contributed by atoms with Gasteiger partial charge < -0.3 is 10.2 Å². The Bertz CT molecular complexity index is 662. The summed E-state index contributed by atoms with van der Waals surface area (Å²) in [5.74, 6) is 0.403. The van der Waals surface area contributed by atoms with Crippen LogP contribution in [0.25, 0.3) is 0 Å². The van der Waals surface area contributed by atoms with E-state index >= 15 is 0 Å². The lowest BCUT2D eigenvalue weighted by molar-refractivity contribution is 0.209. The lowest BCUT2D eigenvalue weighted by Crippen LogP contribution is -2.43. The fourth-order valence-corrected chi connectivity index (χ4v) is 4.36. The molecular formula is C23H34O2. The summed E-state index contributed by atoms with van der Waals surface area (Å²) in [5.41, 5.74) is 3.35. The molecular weight excluding hydrogens is 308 g/mol. The highest BCUT2D eigenvalue weighted by molar-refractivity contribution is 5.56. The van der Waals surface area contributed by atoms with E-state index in [-0.39, 0.29) is 16.9 Å². The summed E-state index contributed by atoms with van der Waals surface area (Å²) in [6.45, 7) is 14.9. The Kier molecular flexibility index (Phi) is 5.71. The summed E-state index contributed by atoms with van der Waals surface area (Å²) in [6.07, 6.45) is 8.50. The molecule has 1 aromatic carbocycles. The SMILES string of the molecule is C=C(C)C1(C)CCC(C)=CC1(C)c1c(O)cc(CCCCC)cc1O. The maximum Gasteiger partial charge on any atom is 0.123 e. The largest absolute Gasteiger partial charge is 0.507 e. The zero-order valence-corrected chi connectivity index (χ0v) is 16.6. The lowest BCUT2D eigenvalue weighted by Gasteiger charge is -2.49. The summed E-state index contributed by atoms with van der Waals surface area (Å²) in [4.78, 5) is 0. The topological polar surface area (TPSA) is 40.5 Å². The van der Waals surface area contributed by atoms with Crippen LogP contribution in [-0.2, 0) is 11.8 Å². The second-order valence-corrected chi connectivity index (χ2v) is 8.27. The van der Waals surface area contributed by atoms with Crippen molar-refractivity contribution in [1.82, 2.24) is 0 Å². The minimum Gasteiger partial charge on any atom is -0.507 e. The van der Waals surface area contributed by atoms with E-state index in [9.17, 15) is 10.2 Å². The molecule has 0 spiro atoms. The van der Waals surface area contributed by atoms with Crippen molar-refractivity contribution in [3.05, 3.63) is 47.1 Å². The van der Waals surface area contributed by atoms with Gasteiger partial charge in [0.05, 0.1) is 0 Å². The number of phenolic OH excluding ortho intramolecular Hbond substituents is 2. The molecule has 1 aromatic rings. The van der Waals surface area contributed by atoms with Gasteiger partial charge in [0.15, 0.2) is 0 Å². The number of hydrogen-bond donors (Lipinski definition) is 2. The third-order valence-electron chi connectivity index (χ3n) is 6.39. The molecule has 0 bridgehead atoms. The van der Waals surface area contributed by atoms with Crippen molar-refractivity contribution in [3.63, 3.8) is 0 Å². The monoisotopic (exact) mass is 342 g/mol. The molecule has 1 aliphatic rings. The van der Waals surface area contributed by atoms with E-state index in [4.69, 9.17) is 0 Å². The van der Waals surface area contributed by atoms with Crippen molar-refractivity contribution in [2.75, 3.05) is 0 Å². The van der Waals surface area contributed by atoms with Crippen molar-refractivity contribution in [2.45, 2.75) is 78.6 Å². The number of aryl methyl sites for hydroxylation is 1. The Morgan fingerprint density at radius 3 is 2.28 bits per heavy atom. The van der Waals surface area contributed by atoms with Crippen LogP contribution in [0, 0.1) is 5.41 Å². The molecule has 138 valence electrons. The molecule has 0 fully saturated rings. The highest BCUT2D eigenvalue weighted by Crippen LogP contribution is 2.57. The van der Waals surface area contributed by atoms with E-state index < -0.39 is 5.41 Å². The van der Waals surface area contributed by atoms with Gasteiger partial charge in [0.2, 0.25) is 0 Å². The van der Waals surface area contributed by atoms with Gasteiger partial charge in [-0.3, -0.25) is 0 Å². The van der Waals surface area contributed by atoms with Gasteiger partial charge in [-0.2, -0.15) is 0 Å². The van der Waals surface area contributed by atoms with Crippen molar-refractivity contribution in [3.8, 4) is 11.5 Å². The highest BCUT2D eigenvalue weighted by atomic mass is 16.3. The zero-order chi connectivity index (χ0) is 18.8. The molecule has 2 unspecified atom stereocenters. The van der Waals surface area contributed by atoms with Crippen LogP contribution in [0.15, 0.2) is 35.9 Å². The van der Waals surface area contributed by atoms with Crippen molar-refractivity contribution < 1.29 is 10.2 Å². The Labute approximate surface area is 153 Å². The molecule has 0 saturated carbocycles. The minimum absolute atomic E-state index is 0.201. The molecule has 2 N–H and O–H groups in total. The smallest absolute Gasteiger partial charge is 0.123 e. The molecule has 0 aliphatic heterocycles. The van der Waals surface area contributed by atoms with Gasteiger partial charge in [-0.15, -0.1) is 0 Å². The minimum atomic E-state index is -0.475. The normalized spacial score (nSPS) is 26.4. The summed E-state index contributed by atoms with van der Waals surface area (Å²) < 4.78 is 0. The van der Waals surface area contributed by atoms with E-state index in [0.29, 0.717) is 5.56 Å². The van der Waals surface area contributed by atoms with Crippen molar-refractivity contribution in [2.24, 2.45) is 5.41 Å². The van der Waals surface area contributed by atoms with Gasteiger partial charge in [-0.25, -0.2) is 0 Å². The molecule has 0 saturated heterocycles. The first-order chi connectivity index (χ1) is 11.7. The van der Waals surface area contributed by atoms with Crippen LogP contribution in [0.4, 0.5) is 0 Å². The first-order valence-corrected chi connectivity index (χ1v) is 9.55. The van der Waals surface area contributed by atoms with Gasteiger partial charge in [0.1, 0.15) is 11.5 Å². The summed E-state index contributed by atoms with van der Waals surface area (Å²) in [5, 5.41) is 21.7. The van der Waals surface area contributed by atoms with Crippen molar-refractivity contribution in [1.29, 1.82) is 0 Å². The average Bonchev–Trinajstić information content (AvgIpc) is 2.50. The summed E-state index contributed by atoms with van der Waals surface area (Å²) in [6, 6.07) is 3.68. The van der Waals surface area contributed by atoms with Crippen LogP contribution < -0.4 is 0 Å². The molecule has 0 aromatic heterocycles. The van der Waals surface area contributed by atoms with Crippen LogP contribution in [-0.4, -0.2) is 10.2 Å². The number of unbranched alkanes of at least 4 members (excludes halogenated alkanes) is 2. The molecule has 1 aliphatic carbocycles. The zero-order valence-electron chi connectivity index (χ0n) is 16.6. The third-order valence-corrected chi connectivity index (χ3v) is 6.39. The standard InChI is InChI=1S/C23H34O2/c1-7-8-9-10-18-13-19(24)21(20(25)14-18)23(6)15-17(4)11-12-22(23,5)16(2)3/h13-15,24-25H,2,7-12H2,1,3-6H3. The lowest BCUT2D eigenvalue weighted by atomic mass is 9.54. The van der Waals surface area contributed by atoms with Crippen LogP contribution in [0.2, 0.25) is 0 Å². The average molecular weight is 343 g/mol.